The van der Waals surface area contributed by atoms with E-state index in [0.717, 1.165) is 0 Å². The molecule has 0 spiro atoms. The van der Waals surface area contributed by atoms with E-state index in [2.05, 4.69) is 10.1 Å². The van der Waals surface area contributed by atoms with Crippen LogP contribution in [0.15, 0.2) is 0 Å². The second-order valence-electron chi connectivity index (χ2n) is 1.54. The molecule has 0 atom stereocenters. The molecular formula is C5H7Cl2NO3. The molecule has 0 aliphatic heterocycles. The van der Waals surface area contributed by atoms with Crippen LogP contribution in [0.3, 0.4) is 0 Å². The molecule has 6 heteroatoms. The van der Waals surface area contributed by atoms with Crippen molar-refractivity contribution in [3.8, 4) is 0 Å². The quantitative estimate of drug-likeness (QED) is 0.319. The lowest BCUT2D eigenvalue weighted by molar-refractivity contribution is -0.108. The smallest absolute Gasteiger partial charge is 0.409 e. The van der Waals surface area contributed by atoms with Crippen LogP contribution in [-0.2, 0) is 9.53 Å². The van der Waals surface area contributed by atoms with Gasteiger partial charge in [-0.1, -0.05) is 23.2 Å². The van der Waals surface area contributed by atoms with Crippen LogP contribution in [0.4, 0.5) is 4.79 Å². The first-order valence-corrected chi connectivity index (χ1v) is 3.69. The lowest BCUT2D eigenvalue weighted by Crippen LogP contribution is -2.28. The number of aldehydes is 1. The fraction of sp³-hybridized carbons (Fsp3) is 0.600. The first-order valence-electron chi connectivity index (χ1n) is 2.82. The van der Waals surface area contributed by atoms with Gasteiger partial charge in [-0.25, -0.2) is 4.79 Å². The van der Waals surface area contributed by atoms with Crippen LogP contribution >= 0.6 is 23.2 Å². The molecule has 0 unspecified atom stereocenters. The Labute approximate surface area is 73.8 Å². The summed E-state index contributed by atoms with van der Waals surface area (Å²) in [6.45, 7) is 0.0375. The van der Waals surface area contributed by atoms with Crippen molar-refractivity contribution >= 4 is 35.6 Å². The topological polar surface area (TPSA) is 55.4 Å². The van der Waals surface area contributed by atoms with Crippen LogP contribution in [0.5, 0.6) is 0 Å². The van der Waals surface area contributed by atoms with Gasteiger partial charge in [0, 0.05) is 6.42 Å². The zero-order valence-corrected chi connectivity index (χ0v) is 7.06. The molecule has 64 valence electrons. The highest BCUT2D eigenvalue weighted by molar-refractivity contribution is 6.44. The molecule has 4 nitrogen and oxygen atoms in total. The van der Waals surface area contributed by atoms with Crippen molar-refractivity contribution in [2.75, 3.05) is 6.61 Å². The van der Waals surface area contributed by atoms with Gasteiger partial charge in [-0.2, -0.15) is 0 Å². The first-order chi connectivity index (χ1) is 5.16. The highest BCUT2D eigenvalue weighted by Crippen LogP contribution is 1.95. The molecule has 0 heterocycles. The van der Waals surface area contributed by atoms with Gasteiger partial charge in [-0.15, -0.1) is 0 Å². The maximum absolute atomic E-state index is 10.5. The van der Waals surface area contributed by atoms with E-state index in [-0.39, 0.29) is 13.0 Å². The molecule has 0 radical (unpaired) electrons. The average molecular weight is 200 g/mol. The third kappa shape index (κ3) is 7.42. The van der Waals surface area contributed by atoms with Crippen LogP contribution in [0.1, 0.15) is 6.42 Å². The number of rotatable bonds is 4. The number of ether oxygens (including phenoxy) is 1. The maximum atomic E-state index is 10.5. The van der Waals surface area contributed by atoms with Gasteiger partial charge in [0.25, 0.3) is 0 Å². The predicted octanol–water partition coefficient (Wildman–Crippen LogP) is 1.06. The summed E-state index contributed by atoms with van der Waals surface area (Å²) in [5, 5.41) is 2.06. The summed E-state index contributed by atoms with van der Waals surface area (Å²) >= 11 is 10.3. The lowest BCUT2D eigenvalue weighted by Gasteiger charge is -2.04. The molecule has 0 aromatic rings. The van der Waals surface area contributed by atoms with Gasteiger partial charge in [-0.3, -0.25) is 5.32 Å². The molecule has 0 aromatic carbocycles. The van der Waals surface area contributed by atoms with Gasteiger partial charge in [0.2, 0.25) is 0 Å². The average Bonchev–Trinajstić information content (AvgIpc) is 1.86. The van der Waals surface area contributed by atoms with E-state index in [0.29, 0.717) is 6.29 Å². The molecule has 0 saturated heterocycles. The Morgan fingerprint density at radius 3 is 2.73 bits per heavy atom. The molecule has 0 bridgehead atoms. The Kier molecular flexibility index (Phi) is 5.97. The van der Waals surface area contributed by atoms with Gasteiger partial charge >= 0.3 is 6.09 Å². The van der Waals surface area contributed by atoms with E-state index < -0.39 is 11.1 Å². The van der Waals surface area contributed by atoms with Crippen molar-refractivity contribution < 1.29 is 14.3 Å². The number of hydrogen-bond acceptors (Lipinski definition) is 3. The van der Waals surface area contributed by atoms with Gasteiger partial charge in [0.15, 0.2) is 4.96 Å². The van der Waals surface area contributed by atoms with Crippen molar-refractivity contribution in [2.45, 2.75) is 11.4 Å². The van der Waals surface area contributed by atoms with Gasteiger partial charge in [-0.05, 0) is 0 Å². The van der Waals surface area contributed by atoms with Crippen LogP contribution in [0.25, 0.3) is 0 Å². The minimum atomic E-state index is -0.987. The molecular weight excluding hydrogens is 193 g/mol. The molecule has 0 aliphatic rings. The molecule has 1 N–H and O–H groups in total. The number of nitrogens with one attached hydrogen (secondary N) is 1. The van der Waals surface area contributed by atoms with Crippen LogP contribution in [-0.4, -0.2) is 23.9 Å². The van der Waals surface area contributed by atoms with Crippen LogP contribution in [0.2, 0.25) is 0 Å². The minimum absolute atomic E-state index is 0.0375. The van der Waals surface area contributed by atoms with Crippen molar-refractivity contribution in [3.05, 3.63) is 0 Å². The Hall–Kier alpha value is -0.480. The SMILES string of the molecule is O=CCCOC(=O)NC(Cl)Cl. The number of carbonyl (C=O) groups is 2. The number of alkyl halides is 2. The van der Waals surface area contributed by atoms with E-state index >= 15 is 0 Å². The zero-order chi connectivity index (χ0) is 8.69. The lowest BCUT2D eigenvalue weighted by atomic mass is 10.5. The van der Waals surface area contributed by atoms with Crippen molar-refractivity contribution in [1.82, 2.24) is 5.32 Å². The highest BCUT2D eigenvalue weighted by Gasteiger charge is 2.04. The van der Waals surface area contributed by atoms with E-state index in [9.17, 15) is 9.59 Å². The maximum Gasteiger partial charge on any atom is 0.409 e. The third-order valence-electron chi connectivity index (χ3n) is 0.696. The van der Waals surface area contributed by atoms with Crippen LogP contribution in [0, 0.1) is 0 Å². The minimum Gasteiger partial charge on any atom is -0.449 e. The summed E-state index contributed by atoms with van der Waals surface area (Å²) in [6.07, 6.45) is 0.0799. The molecule has 0 rings (SSSR count). The van der Waals surface area contributed by atoms with Crippen molar-refractivity contribution in [2.24, 2.45) is 0 Å². The summed E-state index contributed by atoms with van der Waals surface area (Å²) in [4.78, 5) is 19.3. The Morgan fingerprint density at radius 2 is 2.27 bits per heavy atom. The fourth-order valence-electron chi connectivity index (χ4n) is 0.330. The first kappa shape index (κ1) is 10.5. The second-order valence-corrected chi connectivity index (χ2v) is 2.63. The Bertz CT molecular complexity index is 140. The number of alkyl carbamates (subject to hydrolysis) is 1. The number of hydrogen-bond donors (Lipinski definition) is 1. The summed E-state index contributed by atoms with van der Waals surface area (Å²) in [6, 6.07) is 0. The third-order valence-corrected chi connectivity index (χ3v) is 0.914. The number of amides is 1. The standard InChI is InChI=1S/C5H7Cl2NO3/c6-4(7)8-5(10)11-3-1-2-9/h2,4H,1,3H2,(H,8,10). The Balaban J connectivity index is 3.30. The van der Waals surface area contributed by atoms with E-state index in [1.807, 2.05) is 0 Å². The van der Waals surface area contributed by atoms with Crippen molar-refractivity contribution in [1.29, 1.82) is 0 Å². The van der Waals surface area contributed by atoms with E-state index in [1.165, 1.54) is 0 Å². The summed E-state index contributed by atoms with van der Waals surface area (Å²) in [5.74, 6) is 0. The summed E-state index contributed by atoms with van der Waals surface area (Å²) in [7, 11) is 0. The van der Waals surface area contributed by atoms with Crippen LogP contribution < -0.4 is 5.32 Å². The van der Waals surface area contributed by atoms with E-state index in [1.54, 1.807) is 0 Å². The largest absolute Gasteiger partial charge is 0.449 e. The molecule has 0 aromatic heterocycles. The zero-order valence-electron chi connectivity index (χ0n) is 5.55. The molecule has 1 amide bonds. The second kappa shape index (κ2) is 6.24. The van der Waals surface area contributed by atoms with Gasteiger partial charge in [0.1, 0.15) is 6.29 Å². The number of carbonyl (C=O) groups excluding carboxylic acids is 2. The molecule has 0 aliphatic carbocycles. The molecule has 11 heavy (non-hydrogen) atoms. The summed E-state index contributed by atoms with van der Waals surface area (Å²) in [5.41, 5.74) is 0. The highest BCUT2D eigenvalue weighted by atomic mass is 35.5. The fourth-order valence-corrected chi connectivity index (χ4v) is 0.509. The molecule has 0 saturated carbocycles. The normalized spacial score (nSPS) is 9.36. The van der Waals surface area contributed by atoms with E-state index in [4.69, 9.17) is 23.2 Å². The van der Waals surface area contributed by atoms with Gasteiger partial charge in [0.05, 0.1) is 6.61 Å². The number of halogens is 2. The predicted molar refractivity (Wildman–Crippen MR) is 40.7 cm³/mol. The van der Waals surface area contributed by atoms with Crippen molar-refractivity contribution in [3.63, 3.8) is 0 Å². The monoisotopic (exact) mass is 199 g/mol. The molecule has 0 fully saturated rings. The summed E-state index contributed by atoms with van der Waals surface area (Å²) < 4.78 is 4.44. The Morgan fingerprint density at radius 1 is 1.64 bits per heavy atom. The van der Waals surface area contributed by atoms with Gasteiger partial charge < -0.3 is 9.53 Å².